The van der Waals surface area contributed by atoms with Crippen LogP contribution in [0.15, 0.2) is 18.2 Å². The lowest BCUT2D eigenvalue weighted by Crippen LogP contribution is -2.53. The summed E-state index contributed by atoms with van der Waals surface area (Å²) in [5, 5.41) is 9.95. The maximum Gasteiger partial charge on any atom is 0.254 e. The van der Waals surface area contributed by atoms with Gasteiger partial charge < -0.3 is 10.0 Å². The van der Waals surface area contributed by atoms with Gasteiger partial charge >= 0.3 is 0 Å². The topological polar surface area (TPSA) is 43.8 Å². The van der Waals surface area contributed by atoms with Gasteiger partial charge in [-0.2, -0.15) is 0 Å². The first-order valence-electron chi connectivity index (χ1n) is 7.72. The van der Waals surface area contributed by atoms with Crippen LogP contribution in [0.25, 0.3) is 0 Å². The number of hydrogen-bond donors (Lipinski definition) is 1. The van der Waals surface area contributed by atoms with E-state index in [9.17, 15) is 18.7 Å². The maximum absolute atomic E-state index is 13.2. The molecule has 1 saturated carbocycles. The number of benzene rings is 1. The van der Waals surface area contributed by atoms with E-state index in [-0.39, 0.29) is 23.6 Å². The van der Waals surface area contributed by atoms with Crippen LogP contribution in [0.5, 0.6) is 0 Å². The molecule has 2 aliphatic rings. The van der Waals surface area contributed by atoms with Crippen LogP contribution in [-0.4, -0.2) is 59.1 Å². The van der Waals surface area contributed by atoms with Crippen molar-refractivity contribution in [2.75, 3.05) is 26.2 Å². The molecule has 0 aromatic heterocycles. The van der Waals surface area contributed by atoms with Crippen molar-refractivity contribution in [2.45, 2.75) is 31.4 Å². The lowest BCUT2D eigenvalue weighted by atomic mass is 10.1. The molecule has 1 aliphatic carbocycles. The second-order valence-corrected chi connectivity index (χ2v) is 6.05. The Hall–Kier alpha value is -1.53. The molecule has 1 amide bonds. The highest BCUT2D eigenvalue weighted by Gasteiger charge is 2.33. The first-order valence-corrected chi connectivity index (χ1v) is 7.72. The van der Waals surface area contributed by atoms with E-state index in [1.165, 1.54) is 0 Å². The second kappa shape index (κ2) is 6.30. The average molecular weight is 310 g/mol. The van der Waals surface area contributed by atoms with E-state index in [0.717, 1.165) is 37.5 Å². The van der Waals surface area contributed by atoms with Crippen molar-refractivity contribution in [3.05, 3.63) is 35.4 Å². The molecule has 3 rings (SSSR count). The summed E-state index contributed by atoms with van der Waals surface area (Å²) in [6.07, 6.45) is 2.59. The number of halogens is 2. The van der Waals surface area contributed by atoms with Crippen LogP contribution in [0.1, 0.15) is 29.6 Å². The molecule has 2 atom stereocenters. The smallest absolute Gasteiger partial charge is 0.254 e. The van der Waals surface area contributed by atoms with Crippen molar-refractivity contribution in [1.29, 1.82) is 0 Å². The Bertz CT molecular complexity index is 539. The molecule has 22 heavy (non-hydrogen) atoms. The predicted molar refractivity (Wildman–Crippen MR) is 77.5 cm³/mol. The van der Waals surface area contributed by atoms with E-state index in [4.69, 9.17) is 0 Å². The normalized spacial score (nSPS) is 26.4. The molecule has 1 N–H and O–H groups in total. The van der Waals surface area contributed by atoms with Gasteiger partial charge in [0.15, 0.2) is 0 Å². The fraction of sp³-hybridized carbons (Fsp3) is 0.562. The van der Waals surface area contributed by atoms with Crippen LogP contribution in [-0.2, 0) is 0 Å². The van der Waals surface area contributed by atoms with Gasteiger partial charge in [0, 0.05) is 43.9 Å². The minimum absolute atomic E-state index is 0.0480. The Morgan fingerprint density at radius 1 is 1.05 bits per heavy atom. The molecule has 4 nitrogen and oxygen atoms in total. The zero-order chi connectivity index (χ0) is 15.7. The fourth-order valence-electron chi connectivity index (χ4n) is 3.46. The van der Waals surface area contributed by atoms with Crippen LogP contribution < -0.4 is 0 Å². The van der Waals surface area contributed by atoms with Crippen LogP contribution >= 0.6 is 0 Å². The number of hydrogen-bond acceptors (Lipinski definition) is 3. The molecule has 1 aromatic rings. The zero-order valence-electron chi connectivity index (χ0n) is 12.3. The lowest BCUT2D eigenvalue weighted by molar-refractivity contribution is 0.0315. The number of carbonyl (C=O) groups excluding carboxylic acids is 1. The van der Waals surface area contributed by atoms with Crippen molar-refractivity contribution in [1.82, 2.24) is 9.80 Å². The van der Waals surface area contributed by atoms with Crippen molar-refractivity contribution in [3.63, 3.8) is 0 Å². The molecule has 120 valence electrons. The molecule has 0 radical (unpaired) electrons. The first-order chi connectivity index (χ1) is 10.5. The van der Waals surface area contributed by atoms with Gasteiger partial charge in [-0.05, 0) is 31.4 Å². The highest BCUT2D eigenvalue weighted by Crippen LogP contribution is 2.25. The van der Waals surface area contributed by atoms with Gasteiger partial charge in [-0.25, -0.2) is 8.78 Å². The Morgan fingerprint density at radius 3 is 2.23 bits per heavy atom. The second-order valence-electron chi connectivity index (χ2n) is 6.05. The van der Waals surface area contributed by atoms with E-state index < -0.39 is 11.6 Å². The number of nitrogens with zero attached hydrogens (tertiary/aromatic N) is 2. The third-order valence-electron chi connectivity index (χ3n) is 4.62. The SMILES string of the molecule is O=C(c1cc(F)cc(F)c1)N1CCN([C@H]2CCC[C@H]2O)CC1. The Labute approximate surface area is 128 Å². The van der Waals surface area contributed by atoms with Crippen LogP contribution in [0.2, 0.25) is 0 Å². The standard InChI is InChI=1S/C16H20F2N2O2/c17-12-8-11(9-13(18)10-12)16(22)20-6-4-19(5-7-20)14-2-1-3-15(14)21/h8-10,14-15,21H,1-7H2/t14-,15+/m0/s1. The zero-order valence-corrected chi connectivity index (χ0v) is 12.3. The van der Waals surface area contributed by atoms with Gasteiger partial charge in [-0.15, -0.1) is 0 Å². The van der Waals surface area contributed by atoms with Crippen molar-refractivity contribution in [2.24, 2.45) is 0 Å². The van der Waals surface area contributed by atoms with E-state index >= 15 is 0 Å². The summed E-state index contributed by atoms with van der Waals surface area (Å²) in [6, 6.07) is 3.08. The average Bonchev–Trinajstić information content (AvgIpc) is 2.92. The summed E-state index contributed by atoms with van der Waals surface area (Å²) >= 11 is 0. The summed E-state index contributed by atoms with van der Waals surface area (Å²) in [6.45, 7) is 2.40. The molecule has 1 aliphatic heterocycles. The van der Waals surface area contributed by atoms with Crippen LogP contribution in [0.3, 0.4) is 0 Å². The molecule has 1 heterocycles. The van der Waals surface area contributed by atoms with Gasteiger partial charge in [0.05, 0.1) is 6.10 Å². The number of piperazine rings is 1. The molecule has 1 aromatic carbocycles. The van der Waals surface area contributed by atoms with E-state index in [2.05, 4.69) is 4.90 Å². The Balaban J connectivity index is 1.62. The van der Waals surface area contributed by atoms with E-state index in [0.29, 0.717) is 26.2 Å². The maximum atomic E-state index is 13.2. The van der Waals surface area contributed by atoms with Gasteiger partial charge in [0.1, 0.15) is 11.6 Å². The molecule has 0 spiro atoms. The minimum atomic E-state index is -0.740. The van der Waals surface area contributed by atoms with Crippen molar-refractivity contribution < 1.29 is 18.7 Å². The van der Waals surface area contributed by atoms with Crippen molar-refractivity contribution >= 4 is 5.91 Å². The van der Waals surface area contributed by atoms with Crippen LogP contribution in [0, 0.1) is 11.6 Å². The van der Waals surface area contributed by atoms with Gasteiger partial charge in [-0.3, -0.25) is 9.69 Å². The van der Waals surface area contributed by atoms with E-state index in [1.54, 1.807) is 4.90 Å². The van der Waals surface area contributed by atoms with Gasteiger partial charge in [0.2, 0.25) is 0 Å². The Morgan fingerprint density at radius 2 is 1.68 bits per heavy atom. The van der Waals surface area contributed by atoms with Gasteiger partial charge in [-0.1, -0.05) is 0 Å². The fourth-order valence-corrected chi connectivity index (χ4v) is 3.46. The molecule has 2 fully saturated rings. The molecule has 1 saturated heterocycles. The molecular formula is C16H20F2N2O2. The molecule has 6 heteroatoms. The third-order valence-corrected chi connectivity index (χ3v) is 4.62. The monoisotopic (exact) mass is 310 g/mol. The number of aliphatic hydroxyl groups is 1. The lowest BCUT2D eigenvalue weighted by Gasteiger charge is -2.39. The molecular weight excluding hydrogens is 290 g/mol. The number of amides is 1. The number of aliphatic hydroxyl groups excluding tert-OH is 1. The van der Waals surface area contributed by atoms with Gasteiger partial charge in [0.25, 0.3) is 5.91 Å². The molecule has 0 unspecified atom stereocenters. The summed E-state index contributed by atoms with van der Waals surface area (Å²) in [5.74, 6) is -1.82. The summed E-state index contributed by atoms with van der Waals surface area (Å²) < 4.78 is 26.4. The Kier molecular flexibility index (Phi) is 4.40. The molecule has 0 bridgehead atoms. The predicted octanol–water partition coefficient (Wildman–Crippen LogP) is 1.64. The number of rotatable bonds is 2. The third kappa shape index (κ3) is 3.13. The minimum Gasteiger partial charge on any atom is -0.391 e. The quantitative estimate of drug-likeness (QED) is 0.903. The van der Waals surface area contributed by atoms with Crippen LogP contribution in [0.4, 0.5) is 8.78 Å². The highest BCUT2D eigenvalue weighted by molar-refractivity contribution is 5.94. The summed E-state index contributed by atoms with van der Waals surface area (Å²) in [4.78, 5) is 16.2. The number of carbonyl (C=O) groups is 1. The highest BCUT2D eigenvalue weighted by atomic mass is 19.1. The van der Waals surface area contributed by atoms with Crippen molar-refractivity contribution in [3.8, 4) is 0 Å². The summed E-state index contributed by atoms with van der Waals surface area (Å²) in [5.41, 5.74) is 0.0480. The van der Waals surface area contributed by atoms with E-state index in [1.807, 2.05) is 0 Å². The first kappa shape index (κ1) is 15.4. The largest absolute Gasteiger partial charge is 0.391 e. The summed E-state index contributed by atoms with van der Waals surface area (Å²) in [7, 11) is 0.